The van der Waals surface area contributed by atoms with E-state index in [9.17, 15) is 4.79 Å². The zero-order chi connectivity index (χ0) is 18.2. The highest BCUT2D eigenvalue weighted by molar-refractivity contribution is 7.99. The van der Waals surface area contributed by atoms with E-state index in [-0.39, 0.29) is 11.9 Å². The summed E-state index contributed by atoms with van der Waals surface area (Å²) in [5.41, 5.74) is 2.02. The molecule has 0 aliphatic carbocycles. The number of thioether (sulfide) groups is 1. The summed E-state index contributed by atoms with van der Waals surface area (Å²) in [5.74, 6) is 1.53. The van der Waals surface area contributed by atoms with Crippen molar-refractivity contribution in [3.63, 3.8) is 0 Å². The second-order valence-corrected chi connectivity index (χ2v) is 8.15. The van der Waals surface area contributed by atoms with Gasteiger partial charge in [0.1, 0.15) is 0 Å². The molecule has 2 nitrogen and oxygen atoms in total. The van der Waals surface area contributed by atoms with Crippen LogP contribution in [0.15, 0.2) is 48.5 Å². The summed E-state index contributed by atoms with van der Waals surface area (Å²) in [6.45, 7) is 4.33. The Kier molecular flexibility index (Phi) is 8.14. The summed E-state index contributed by atoms with van der Waals surface area (Å²) in [4.78, 5) is 12.4. The maximum Gasteiger partial charge on any atom is 0.230 e. The van der Waals surface area contributed by atoms with Gasteiger partial charge in [-0.05, 0) is 35.6 Å². The molecular weight excluding hydrogens is 373 g/mol. The predicted molar refractivity (Wildman–Crippen MR) is 109 cm³/mol. The number of halogens is 2. The largest absolute Gasteiger partial charge is 0.349 e. The lowest BCUT2D eigenvalue weighted by atomic mass is 9.97. The lowest BCUT2D eigenvalue weighted by Gasteiger charge is -2.21. The van der Waals surface area contributed by atoms with E-state index in [0.717, 1.165) is 17.5 Å². The average molecular weight is 396 g/mol. The van der Waals surface area contributed by atoms with Crippen LogP contribution in [0.1, 0.15) is 37.4 Å². The van der Waals surface area contributed by atoms with Crippen LogP contribution in [0.3, 0.4) is 0 Å². The minimum atomic E-state index is 0.0303. The van der Waals surface area contributed by atoms with Crippen molar-refractivity contribution in [3.05, 3.63) is 69.7 Å². The van der Waals surface area contributed by atoms with Crippen molar-refractivity contribution in [2.75, 3.05) is 5.75 Å². The Hall–Kier alpha value is -1.16. The van der Waals surface area contributed by atoms with Crippen molar-refractivity contribution in [2.24, 2.45) is 5.92 Å². The van der Waals surface area contributed by atoms with Gasteiger partial charge in [-0.2, -0.15) is 0 Å². The summed E-state index contributed by atoms with van der Waals surface area (Å²) < 4.78 is 0. The summed E-state index contributed by atoms with van der Waals surface area (Å²) in [7, 11) is 0. The molecule has 25 heavy (non-hydrogen) atoms. The Bertz CT molecular complexity index is 671. The van der Waals surface area contributed by atoms with Gasteiger partial charge in [0.15, 0.2) is 0 Å². The van der Waals surface area contributed by atoms with Crippen LogP contribution in [-0.2, 0) is 10.5 Å². The van der Waals surface area contributed by atoms with Crippen molar-refractivity contribution in [2.45, 2.75) is 32.1 Å². The van der Waals surface area contributed by atoms with E-state index in [1.165, 1.54) is 11.8 Å². The van der Waals surface area contributed by atoms with Crippen LogP contribution in [-0.4, -0.2) is 11.7 Å². The smallest absolute Gasteiger partial charge is 0.230 e. The van der Waals surface area contributed by atoms with Crippen molar-refractivity contribution in [1.82, 2.24) is 5.32 Å². The number of hydrogen-bond acceptors (Lipinski definition) is 2. The first-order valence-electron chi connectivity index (χ1n) is 8.32. The maximum absolute atomic E-state index is 12.4. The van der Waals surface area contributed by atoms with Gasteiger partial charge in [0.2, 0.25) is 5.91 Å². The highest BCUT2D eigenvalue weighted by atomic mass is 35.5. The zero-order valence-corrected chi connectivity index (χ0v) is 16.8. The molecule has 0 aliphatic rings. The van der Waals surface area contributed by atoms with Gasteiger partial charge in [0, 0.05) is 15.8 Å². The Morgan fingerprint density at radius 1 is 1.04 bits per heavy atom. The van der Waals surface area contributed by atoms with Crippen LogP contribution < -0.4 is 5.32 Å². The lowest BCUT2D eigenvalue weighted by Crippen LogP contribution is -2.30. The van der Waals surface area contributed by atoms with Gasteiger partial charge in [0.25, 0.3) is 0 Å². The summed E-state index contributed by atoms with van der Waals surface area (Å²) >= 11 is 13.9. The van der Waals surface area contributed by atoms with Crippen molar-refractivity contribution in [1.29, 1.82) is 0 Å². The molecule has 134 valence electrons. The molecule has 1 N–H and O–H groups in total. The molecule has 0 saturated heterocycles. The predicted octanol–water partition coefficient (Wildman–Crippen LogP) is 6.13. The monoisotopic (exact) mass is 395 g/mol. The molecule has 5 heteroatoms. The van der Waals surface area contributed by atoms with Gasteiger partial charge in [-0.1, -0.05) is 73.4 Å². The molecule has 0 unspecified atom stereocenters. The number of hydrogen-bond donors (Lipinski definition) is 1. The molecule has 2 aromatic carbocycles. The summed E-state index contributed by atoms with van der Waals surface area (Å²) in [5, 5.41) is 4.44. The van der Waals surface area contributed by atoms with E-state index in [4.69, 9.17) is 23.2 Å². The molecule has 0 saturated carbocycles. The SMILES string of the molecule is CC(C)C[C@H](NC(=O)CSCc1c(Cl)cccc1Cl)c1ccccc1. The number of rotatable bonds is 8. The van der Waals surface area contributed by atoms with E-state index >= 15 is 0 Å². The first-order chi connectivity index (χ1) is 12.0. The standard InChI is InChI=1S/C20H23Cl2NOS/c1-14(2)11-19(15-7-4-3-5-8-15)23-20(24)13-25-12-16-17(21)9-6-10-18(16)22/h3-10,14,19H,11-13H2,1-2H3,(H,23,24)/t19-/m0/s1. The van der Waals surface area contributed by atoms with Crippen LogP contribution in [0.5, 0.6) is 0 Å². The number of nitrogens with one attached hydrogen (secondary N) is 1. The lowest BCUT2D eigenvalue weighted by molar-refractivity contribution is -0.119. The Morgan fingerprint density at radius 3 is 2.28 bits per heavy atom. The second-order valence-electron chi connectivity index (χ2n) is 6.35. The topological polar surface area (TPSA) is 29.1 Å². The van der Waals surface area contributed by atoms with E-state index < -0.39 is 0 Å². The van der Waals surface area contributed by atoms with Crippen LogP contribution in [0.2, 0.25) is 10.0 Å². The third-order valence-electron chi connectivity index (χ3n) is 3.79. The van der Waals surface area contributed by atoms with E-state index in [0.29, 0.717) is 27.5 Å². The quantitative estimate of drug-likeness (QED) is 0.582. The first kappa shape index (κ1) is 20.2. The van der Waals surface area contributed by atoms with Gasteiger partial charge in [-0.3, -0.25) is 4.79 Å². The van der Waals surface area contributed by atoms with Gasteiger partial charge in [0.05, 0.1) is 11.8 Å². The molecule has 0 heterocycles. The molecule has 1 atom stereocenters. The Balaban J connectivity index is 1.91. The van der Waals surface area contributed by atoms with Gasteiger partial charge in [-0.15, -0.1) is 11.8 Å². The highest BCUT2D eigenvalue weighted by Gasteiger charge is 2.16. The summed E-state index contributed by atoms with van der Waals surface area (Å²) in [6.07, 6.45) is 0.913. The fourth-order valence-electron chi connectivity index (χ4n) is 2.59. The molecule has 1 amide bonds. The van der Waals surface area contributed by atoms with E-state index in [1.54, 1.807) is 0 Å². The minimum absolute atomic E-state index is 0.0303. The van der Waals surface area contributed by atoms with Gasteiger partial charge in [-0.25, -0.2) is 0 Å². The zero-order valence-electron chi connectivity index (χ0n) is 14.5. The molecule has 2 rings (SSSR count). The van der Waals surface area contributed by atoms with Crippen LogP contribution in [0.25, 0.3) is 0 Å². The molecule has 0 spiro atoms. The van der Waals surface area contributed by atoms with E-state index in [2.05, 4.69) is 31.3 Å². The number of carbonyl (C=O) groups excluding carboxylic acids is 1. The van der Waals surface area contributed by atoms with Crippen molar-refractivity contribution < 1.29 is 4.79 Å². The van der Waals surface area contributed by atoms with Gasteiger partial charge < -0.3 is 5.32 Å². The normalized spacial score (nSPS) is 12.2. The third kappa shape index (κ3) is 6.58. The molecule has 0 aliphatic heterocycles. The fourth-order valence-corrected chi connectivity index (χ4v) is 4.16. The van der Waals surface area contributed by atoms with Crippen LogP contribution >= 0.6 is 35.0 Å². The number of amides is 1. The first-order valence-corrected chi connectivity index (χ1v) is 10.2. The second kappa shape index (κ2) is 10.1. The number of benzene rings is 2. The molecule has 0 fully saturated rings. The minimum Gasteiger partial charge on any atom is -0.349 e. The molecule has 2 aromatic rings. The molecule has 0 radical (unpaired) electrons. The molecule has 0 aromatic heterocycles. The Labute approximate surface area is 164 Å². The van der Waals surface area contributed by atoms with Gasteiger partial charge >= 0.3 is 0 Å². The van der Waals surface area contributed by atoms with Crippen molar-refractivity contribution >= 4 is 40.9 Å². The maximum atomic E-state index is 12.4. The molecular formula is C20H23Cl2NOS. The van der Waals surface area contributed by atoms with E-state index in [1.807, 2.05) is 36.4 Å². The Morgan fingerprint density at radius 2 is 1.68 bits per heavy atom. The van der Waals surface area contributed by atoms with Crippen molar-refractivity contribution in [3.8, 4) is 0 Å². The highest BCUT2D eigenvalue weighted by Crippen LogP contribution is 2.28. The fraction of sp³-hybridized carbons (Fsp3) is 0.350. The van der Waals surface area contributed by atoms with Crippen LogP contribution in [0.4, 0.5) is 0 Å². The third-order valence-corrected chi connectivity index (χ3v) is 5.45. The average Bonchev–Trinajstić information content (AvgIpc) is 2.57. The van der Waals surface area contributed by atoms with Crippen LogP contribution in [0, 0.1) is 5.92 Å². The summed E-state index contributed by atoms with van der Waals surface area (Å²) in [6, 6.07) is 15.6. The molecule has 0 bridgehead atoms. The number of carbonyl (C=O) groups is 1.